The van der Waals surface area contributed by atoms with Gasteiger partial charge in [-0.25, -0.2) is 9.59 Å². The summed E-state index contributed by atoms with van der Waals surface area (Å²) in [6, 6.07) is 0. The molecule has 5 nitrogen and oxygen atoms in total. The highest BCUT2D eigenvalue weighted by Crippen LogP contribution is 2.18. The Morgan fingerprint density at radius 1 is 1.28 bits per heavy atom. The number of ether oxygens (including phenoxy) is 1. The molecule has 0 aliphatic carbocycles. The molecule has 1 aliphatic rings. The van der Waals surface area contributed by atoms with Crippen LogP contribution in [0.3, 0.4) is 0 Å². The molecule has 0 spiro atoms. The van der Waals surface area contributed by atoms with E-state index in [0.29, 0.717) is 13.1 Å². The minimum Gasteiger partial charge on any atom is -0.465 e. The summed E-state index contributed by atoms with van der Waals surface area (Å²) >= 11 is 0. The van der Waals surface area contributed by atoms with E-state index in [1.807, 2.05) is 26.8 Å². The first-order chi connectivity index (χ1) is 8.28. The summed E-state index contributed by atoms with van der Waals surface area (Å²) in [5.74, 6) is -0.0868. The molecule has 0 aromatic rings. The standard InChI is InChI=1S/C13H21NO4/c1-13(2,3)18-11(15)5-4-10-6-8-14(9-7-10)12(16)17/h4-5,10H,6-9H2,1-3H3,(H,16,17)/b5-4+. The second kappa shape index (κ2) is 5.89. The van der Waals surface area contributed by atoms with Crippen LogP contribution in [0.15, 0.2) is 12.2 Å². The smallest absolute Gasteiger partial charge is 0.407 e. The maximum atomic E-state index is 11.5. The van der Waals surface area contributed by atoms with Crippen molar-refractivity contribution in [3.05, 3.63) is 12.2 Å². The van der Waals surface area contributed by atoms with Crippen molar-refractivity contribution in [1.29, 1.82) is 0 Å². The average molecular weight is 255 g/mol. The van der Waals surface area contributed by atoms with E-state index >= 15 is 0 Å². The number of piperidine rings is 1. The van der Waals surface area contributed by atoms with Crippen LogP contribution in [-0.4, -0.2) is 40.8 Å². The molecule has 0 saturated carbocycles. The van der Waals surface area contributed by atoms with Gasteiger partial charge < -0.3 is 14.7 Å². The summed E-state index contributed by atoms with van der Waals surface area (Å²) in [5.41, 5.74) is -0.478. The topological polar surface area (TPSA) is 66.8 Å². The zero-order valence-electron chi connectivity index (χ0n) is 11.2. The van der Waals surface area contributed by atoms with Crippen LogP contribution in [0.25, 0.3) is 0 Å². The van der Waals surface area contributed by atoms with Gasteiger partial charge in [-0.15, -0.1) is 0 Å². The Balaban J connectivity index is 2.36. The molecule has 1 heterocycles. The summed E-state index contributed by atoms with van der Waals surface area (Å²) in [6.07, 6.45) is 3.92. The summed E-state index contributed by atoms with van der Waals surface area (Å²) in [4.78, 5) is 23.6. The molecule has 0 aromatic carbocycles. The van der Waals surface area contributed by atoms with Crippen molar-refractivity contribution in [2.45, 2.75) is 39.2 Å². The second-order valence-corrected chi connectivity index (χ2v) is 5.50. The number of esters is 1. The number of carbonyl (C=O) groups is 2. The Hall–Kier alpha value is -1.52. The first kappa shape index (κ1) is 14.5. The Morgan fingerprint density at radius 3 is 2.28 bits per heavy atom. The Morgan fingerprint density at radius 2 is 1.83 bits per heavy atom. The molecular formula is C13H21NO4. The van der Waals surface area contributed by atoms with Gasteiger partial charge in [0.05, 0.1) is 0 Å². The molecule has 0 radical (unpaired) electrons. The SMILES string of the molecule is CC(C)(C)OC(=O)/C=C/C1CCN(C(=O)O)CC1. The van der Waals surface area contributed by atoms with E-state index in [1.54, 1.807) is 0 Å². The van der Waals surface area contributed by atoms with Gasteiger partial charge in [0, 0.05) is 19.2 Å². The summed E-state index contributed by atoms with van der Waals surface area (Å²) in [5, 5.41) is 8.80. The molecule has 1 N–H and O–H groups in total. The molecule has 0 aromatic heterocycles. The molecule has 1 fully saturated rings. The van der Waals surface area contributed by atoms with Gasteiger partial charge in [0.2, 0.25) is 0 Å². The number of carboxylic acid groups (broad SMARTS) is 1. The number of amides is 1. The van der Waals surface area contributed by atoms with Gasteiger partial charge in [-0.3, -0.25) is 0 Å². The van der Waals surface area contributed by atoms with E-state index in [9.17, 15) is 9.59 Å². The number of carbonyl (C=O) groups excluding carboxylic acids is 1. The van der Waals surface area contributed by atoms with E-state index in [0.717, 1.165) is 12.8 Å². The maximum Gasteiger partial charge on any atom is 0.407 e. The largest absolute Gasteiger partial charge is 0.465 e. The lowest BCUT2D eigenvalue weighted by Crippen LogP contribution is -2.37. The van der Waals surface area contributed by atoms with Crippen LogP contribution in [0.4, 0.5) is 4.79 Å². The first-order valence-corrected chi connectivity index (χ1v) is 6.17. The number of rotatable bonds is 2. The van der Waals surface area contributed by atoms with E-state index in [2.05, 4.69) is 0 Å². The van der Waals surface area contributed by atoms with Crippen molar-refractivity contribution in [3.8, 4) is 0 Å². The molecule has 5 heteroatoms. The Labute approximate surface area is 107 Å². The first-order valence-electron chi connectivity index (χ1n) is 6.17. The predicted octanol–water partition coefficient (Wildman–Crippen LogP) is 2.27. The third-order valence-corrected chi connectivity index (χ3v) is 2.72. The minimum atomic E-state index is -0.871. The number of nitrogens with zero attached hydrogens (tertiary/aromatic N) is 1. The number of hydrogen-bond acceptors (Lipinski definition) is 3. The van der Waals surface area contributed by atoms with E-state index in [4.69, 9.17) is 9.84 Å². The minimum absolute atomic E-state index is 0.258. The van der Waals surface area contributed by atoms with Crippen LogP contribution in [0, 0.1) is 5.92 Å². The fraction of sp³-hybridized carbons (Fsp3) is 0.692. The van der Waals surface area contributed by atoms with Gasteiger partial charge in [0.15, 0.2) is 0 Å². The van der Waals surface area contributed by atoms with E-state index in [1.165, 1.54) is 11.0 Å². The van der Waals surface area contributed by atoms with Crippen molar-refractivity contribution in [1.82, 2.24) is 4.90 Å². The van der Waals surface area contributed by atoms with Crippen LogP contribution in [0.2, 0.25) is 0 Å². The summed E-state index contributed by atoms with van der Waals surface area (Å²) < 4.78 is 5.16. The zero-order chi connectivity index (χ0) is 13.8. The number of allylic oxidation sites excluding steroid dienone is 1. The molecule has 1 amide bonds. The fourth-order valence-electron chi connectivity index (χ4n) is 1.83. The monoisotopic (exact) mass is 255 g/mol. The molecule has 1 saturated heterocycles. The molecule has 18 heavy (non-hydrogen) atoms. The highest BCUT2D eigenvalue weighted by molar-refractivity contribution is 5.82. The molecule has 102 valence electrons. The van der Waals surface area contributed by atoms with E-state index in [-0.39, 0.29) is 11.9 Å². The second-order valence-electron chi connectivity index (χ2n) is 5.50. The van der Waals surface area contributed by atoms with Gasteiger partial charge in [-0.2, -0.15) is 0 Å². The van der Waals surface area contributed by atoms with Crippen molar-refractivity contribution in [2.75, 3.05) is 13.1 Å². The van der Waals surface area contributed by atoms with Crippen molar-refractivity contribution >= 4 is 12.1 Å². The van der Waals surface area contributed by atoms with Crippen molar-refractivity contribution in [3.63, 3.8) is 0 Å². The zero-order valence-corrected chi connectivity index (χ0v) is 11.2. The van der Waals surface area contributed by atoms with Crippen molar-refractivity contribution in [2.24, 2.45) is 5.92 Å². The maximum absolute atomic E-state index is 11.5. The van der Waals surface area contributed by atoms with Crippen LogP contribution in [0.5, 0.6) is 0 Å². The van der Waals surface area contributed by atoms with Crippen LogP contribution < -0.4 is 0 Å². The van der Waals surface area contributed by atoms with Gasteiger partial charge in [0.25, 0.3) is 0 Å². The van der Waals surface area contributed by atoms with Gasteiger partial charge in [-0.1, -0.05) is 6.08 Å². The molecule has 0 unspecified atom stereocenters. The fourth-order valence-corrected chi connectivity index (χ4v) is 1.83. The molecular weight excluding hydrogens is 234 g/mol. The van der Waals surface area contributed by atoms with Crippen LogP contribution >= 0.6 is 0 Å². The molecule has 0 bridgehead atoms. The lowest BCUT2D eigenvalue weighted by Gasteiger charge is -2.28. The predicted molar refractivity (Wildman–Crippen MR) is 67.3 cm³/mol. The lowest BCUT2D eigenvalue weighted by atomic mass is 9.96. The van der Waals surface area contributed by atoms with Gasteiger partial charge >= 0.3 is 12.1 Å². The third-order valence-electron chi connectivity index (χ3n) is 2.72. The van der Waals surface area contributed by atoms with Crippen LogP contribution in [0.1, 0.15) is 33.6 Å². The Bertz CT molecular complexity index is 335. The molecule has 1 rings (SSSR count). The highest BCUT2D eigenvalue weighted by atomic mass is 16.6. The summed E-state index contributed by atoms with van der Waals surface area (Å²) in [7, 11) is 0. The van der Waals surface area contributed by atoms with Gasteiger partial charge in [-0.05, 0) is 39.5 Å². The average Bonchev–Trinajstić information content (AvgIpc) is 2.24. The number of hydrogen-bond donors (Lipinski definition) is 1. The number of likely N-dealkylation sites (tertiary alicyclic amines) is 1. The highest BCUT2D eigenvalue weighted by Gasteiger charge is 2.21. The molecule has 0 atom stereocenters. The third kappa shape index (κ3) is 5.21. The van der Waals surface area contributed by atoms with Crippen molar-refractivity contribution < 1.29 is 19.4 Å². The normalized spacial score (nSPS) is 18.1. The van der Waals surface area contributed by atoms with Gasteiger partial charge in [0.1, 0.15) is 5.60 Å². The van der Waals surface area contributed by atoms with E-state index < -0.39 is 11.7 Å². The summed E-state index contributed by atoms with van der Waals surface area (Å²) in [6.45, 7) is 6.52. The molecule has 1 aliphatic heterocycles. The lowest BCUT2D eigenvalue weighted by molar-refractivity contribution is -0.148. The quantitative estimate of drug-likeness (QED) is 0.607. The van der Waals surface area contributed by atoms with Crippen LogP contribution in [-0.2, 0) is 9.53 Å². The Kier molecular flexibility index (Phi) is 4.76.